The Bertz CT molecular complexity index is 951. The molecule has 7 heteroatoms. The molecule has 0 aliphatic carbocycles. The number of benzene rings is 2. The van der Waals surface area contributed by atoms with Crippen LogP contribution in [0.15, 0.2) is 45.8 Å². The van der Waals surface area contributed by atoms with Crippen LogP contribution in [0.4, 0.5) is 0 Å². The highest BCUT2D eigenvalue weighted by atomic mass is 127. The zero-order valence-electron chi connectivity index (χ0n) is 10.9. The molecule has 3 aromatic rings. The van der Waals surface area contributed by atoms with E-state index in [9.17, 15) is 8.42 Å². The van der Waals surface area contributed by atoms with Crippen LogP contribution >= 0.6 is 38.5 Å². The first-order valence-corrected chi connectivity index (χ1v) is 9.76. The second kappa shape index (κ2) is 5.36. The second-order valence-corrected chi connectivity index (χ2v) is 8.75. The van der Waals surface area contributed by atoms with Crippen LogP contribution in [0.25, 0.3) is 22.4 Å². The molecule has 1 heterocycles. The highest BCUT2D eigenvalue weighted by Crippen LogP contribution is 2.28. The lowest BCUT2D eigenvalue weighted by molar-refractivity contribution is 0.602. The van der Waals surface area contributed by atoms with Crippen LogP contribution in [0.5, 0.6) is 0 Å². The van der Waals surface area contributed by atoms with E-state index in [4.69, 9.17) is 0 Å². The molecule has 0 spiro atoms. The summed E-state index contributed by atoms with van der Waals surface area (Å²) < 4.78 is 25.3. The van der Waals surface area contributed by atoms with Crippen LogP contribution in [0, 0.1) is 3.57 Å². The summed E-state index contributed by atoms with van der Waals surface area (Å²) in [6, 6.07) is 10.9. The van der Waals surface area contributed by atoms with Gasteiger partial charge in [0.05, 0.1) is 15.9 Å². The van der Waals surface area contributed by atoms with Gasteiger partial charge in [-0.1, -0.05) is 15.9 Å². The van der Waals surface area contributed by atoms with E-state index >= 15 is 0 Å². The second-order valence-electron chi connectivity index (χ2n) is 4.66. The van der Waals surface area contributed by atoms with E-state index in [0.29, 0.717) is 5.52 Å². The van der Waals surface area contributed by atoms with Crippen molar-refractivity contribution < 1.29 is 8.42 Å². The molecule has 0 radical (unpaired) electrons. The topological polar surface area (TPSA) is 62.8 Å². The van der Waals surface area contributed by atoms with Gasteiger partial charge < -0.3 is 4.98 Å². The number of hydrogen-bond acceptors (Lipinski definition) is 3. The molecule has 0 bridgehead atoms. The minimum Gasteiger partial charge on any atom is -0.338 e. The van der Waals surface area contributed by atoms with E-state index in [1.165, 1.54) is 6.26 Å². The molecule has 0 amide bonds. The number of nitrogens with one attached hydrogen (secondary N) is 1. The zero-order chi connectivity index (χ0) is 15.2. The first-order chi connectivity index (χ1) is 9.84. The fourth-order valence-electron chi connectivity index (χ4n) is 2.03. The minimum atomic E-state index is -3.22. The molecule has 0 aliphatic rings. The van der Waals surface area contributed by atoms with Crippen LogP contribution in [0.1, 0.15) is 0 Å². The van der Waals surface area contributed by atoms with Gasteiger partial charge in [-0.15, -0.1) is 0 Å². The third-order valence-corrected chi connectivity index (χ3v) is 5.61. The molecule has 21 heavy (non-hydrogen) atoms. The van der Waals surface area contributed by atoms with Crippen molar-refractivity contribution in [2.45, 2.75) is 4.90 Å². The summed E-state index contributed by atoms with van der Waals surface area (Å²) in [5, 5.41) is 0. The van der Waals surface area contributed by atoms with Gasteiger partial charge >= 0.3 is 0 Å². The first kappa shape index (κ1) is 15.0. The lowest BCUT2D eigenvalue weighted by Crippen LogP contribution is -1.96. The van der Waals surface area contributed by atoms with Gasteiger partial charge in [-0.25, -0.2) is 13.4 Å². The fourth-order valence-corrected chi connectivity index (χ4v) is 3.63. The van der Waals surface area contributed by atoms with Gasteiger partial charge in [0, 0.05) is 19.9 Å². The van der Waals surface area contributed by atoms with Gasteiger partial charge in [-0.2, -0.15) is 0 Å². The molecule has 1 N–H and O–H groups in total. The number of aromatic amines is 1. The Morgan fingerprint density at radius 3 is 2.67 bits per heavy atom. The van der Waals surface area contributed by atoms with E-state index in [0.717, 1.165) is 24.9 Å². The lowest BCUT2D eigenvalue weighted by atomic mass is 10.2. The lowest BCUT2D eigenvalue weighted by Gasteiger charge is -2.01. The Labute approximate surface area is 144 Å². The van der Waals surface area contributed by atoms with Crippen molar-refractivity contribution in [1.29, 1.82) is 0 Å². The Hall–Kier alpha value is -0.930. The maximum absolute atomic E-state index is 11.6. The molecule has 1 aromatic heterocycles. The molecule has 2 aromatic carbocycles. The Morgan fingerprint density at radius 2 is 1.95 bits per heavy atom. The number of sulfone groups is 1. The molecule has 108 valence electrons. The highest BCUT2D eigenvalue weighted by Gasteiger charge is 2.12. The van der Waals surface area contributed by atoms with E-state index < -0.39 is 9.84 Å². The van der Waals surface area contributed by atoms with Crippen molar-refractivity contribution in [3.63, 3.8) is 0 Å². The summed E-state index contributed by atoms with van der Waals surface area (Å²) in [4.78, 5) is 8.01. The first-order valence-electron chi connectivity index (χ1n) is 6.00. The van der Waals surface area contributed by atoms with Crippen molar-refractivity contribution >= 4 is 59.4 Å². The van der Waals surface area contributed by atoms with Gasteiger partial charge in [0.2, 0.25) is 0 Å². The molecular weight excluding hydrogens is 467 g/mol. The molecule has 0 fully saturated rings. The van der Waals surface area contributed by atoms with Gasteiger partial charge in [-0.3, -0.25) is 0 Å². The monoisotopic (exact) mass is 476 g/mol. The van der Waals surface area contributed by atoms with Crippen LogP contribution in [-0.2, 0) is 9.84 Å². The molecule has 3 rings (SSSR count). The standard InChI is InChI=1S/C14H10BrIN2O2S/c1-21(19,20)9-3-5-12-13(7-9)18-14(17-12)10-6-8(15)2-4-11(10)16/h2-7H,1H3,(H,17,18). The van der Waals surface area contributed by atoms with E-state index in [2.05, 4.69) is 48.5 Å². The van der Waals surface area contributed by atoms with Gasteiger partial charge in [0.15, 0.2) is 9.84 Å². The van der Waals surface area contributed by atoms with E-state index in [1.807, 2.05) is 18.2 Å². The number of halogens is 2. The van der Waals surface area contributed by atoms with Crippen LogP contribution in [0.3, 0.4) is 0 Å². The maximum Gasteiger partial charge on any atom is 0.175 e. The van der Waals surface area contributed by atoms with Gasteiger partial charge in [0.25, 0.3) is 0 Å². The van der Waals surface area contributed by atoms with Crippen molar-refractivity contribution in [2.75, 3.05) is 6.26 Å². The van der Waals surface area contributed by atoms with Crippen LogP contribution < -0.4 is 0 Å². The highest BCUT2D eigenvalue weighted by molar-refractivity contribution is 14.1. The van der Waals surface area contributed by atoms with Crippen molar-refractivity contribution in [3.05, 3.63) is 44.4 Å². The number of rotatable bonds is 2. The van der Waals surface area contributed by atoms with E-state index in [-0.39, 0.29) is 4.90 Å². The molecule has 0 saturated heterocycles. The normalized spacial score (nSPS) is 12.0. The number of H-pyrrole nitrogens is 1. The molecular formula is C14H10BrIN2O2S. The Kier molecular flexibility index (Phi) is 3.83. The molecule has 4 nitrogen and oxygen atoms in total. The zero-order valence-corrected chi connectivity index (χ0v) is 15.5. The van der Waals surface area contributed by atoms with E-state index in [1.54, 1.807) is 18.2 Å². The van der Waals surface area contributed by atoms with Gasteiger partial charge in [0.1, 0.15) is 5.82 Å². The molecule has 0 aliphatic heterocycles. The summed E-state index contributed by atoms with van der Waals surface area (Å²) in [6.45, 7) is 0. The third-order valence-electron chi connectivity index (χ3n) is 3.07. The van der Waals surface area contributed by atoms with Crippen molar-refractivity contribution in [1.82, 2.24) is 9.97 Å². The van der Waals surface area contributed by atoms with Crippen molar-refractivity contribution in [3.8, 4) is 11.4 Å². The number of imidazole rings is 1. The average Bonchev–Trinajstić information content (AvgIpc) is 2.83. The average molecular weight is 477 g/mol. The Balaban J connectivity index is 2.20. The summed E-state index contributed by atoms with van der Waals surface area (Å²) >= 11 is 5.70. The van der Waals surface area contributed by atoms with Crippen LogP contribution in [0.2, 0.25) is 0 Å². The quantitative estimate of drug-likeness (QED) is 0.568. The maximum atomic E-state index is 11.6. The minimum absolute atomic E-state index is 0.286. The predicted octanol–water partition coefficient (Wildman–Crippen LogP) is 4.00. The fraction of sp³-hybridized carbons (Fsp3) is 0.0714. The molecule has 0 unspecified atom stereocenters. The predicted molar refractivity (Wildman–Crippen MR) is 95.1 cm³/mol. The Morgan fingerprint density at radius 1 is 1.19 bits per heavy atom. The summed E-state index contributed by atoms with van der Waals surface area (Å²) in [7, 11) is -3.22. The largest absolute Gasteiger partial charge is 0.338 e. The molecule has 0 atom stereocenters. The van der Waals surface area contributed by atoms with Crippen molar-refractivity contribution in [2.24, 2.45) is 0 Å². The number of fused-ring (bicyclic) bond motifs is 1. The smallest absolute Gasteiger partial charge is 0.175 e. The molecule has 0 saturated carbocycles. The summed E-state index contributed by atoms with van der Waals surface area (Å²) in [6.07, 6.45) is 1.20. The summed E-state index contributed by atoms with van der Waals surface area (Å²) in [5.41, 5.74) is 2.43. The SMILES string of the molecule is CS(=O)(=O)c1ccc2nc(-c3cc(Br)ccc3I)[nH]c2c1. The number of hydrogen-bond donors (Lipinski definition) is 1. The number of nitrogens with zero attached hydrogens (tertiary/aromatic N) is 1. The van der Waals surface area contributed by atoms with Gasteiger partial charge in [-0.05, 0) is 59.0 Å². The summed E-state index contributed by atoms with van der Waals surface area (Å²) in [5.74, 6) is 0.723. The number of aromatic nitrogens is 2. The van der Waals surface area contributed by atoms with Crippen LogP contribution in [-0.4, -0.2) is 24.6 Å². The third kappa shape index (κ3) is 3.00.